The number of carbonyl (C=O) groups is 1. The summed E-state index contributed by atoms with van der Waals surface area (Å²) in [5.74, 6) is 0.125. The van der Waals surface area contributed by atoms with E-state index in [2.05, 4.69) is 17.3 Å². The predicted octanol–water partition coefficient (Wildman–Crippen LogP) is 1.74. The molecule has 1 amide bonds. The molecule has 4 nitrogen and oxygen atoms in total. The summed E-state index contributed by atoms with van der Waals surface area (Å²) in [7, 11) is 2.16. The zero-order valence-electron chi connectivity index (χ0n) is 12.9. The molecule has 1 aliphatic rings. The van der Waals surface area contributed by atoms with E-state index < -0.39 is 0 Å². The van der Waals surface area contributed by atoms with Crippen LogP contribution in [0.25, 0.3) is 0 Å². The van der Waals surface area contributed by atoms with Gasteiger partial charge in [0.2, 0.25) is 5.91 Å². The van der Waals surface area contributed by atoms with Crippen molar-refractivity contribution in [2.45, 2.75) is 58.4 Å². The predicted molar refractivity (Wildman–Crippen MR) is 80.0 cm³/mol. The van der Waals surface area contributed by atoms with Gasteiger partial charge in [-0.25, -0.2) is 0 Å². The molecule has 0 aliphatic heterocycles. The normalized spacial score (nSPS) is 17.1. The lowest BCUT2D eigenvalue weighted by Crippen LogP contribution is -2.47. The van der Waals surface area contributed by atoms with Crippen LogP contribution in [0.15, 0.2) is 0 Å². The van der Waals surface area contributed by atoms with Crippen molar-refractivity contribution in [3.8, 4) is 0 Å². The van der Waals surface area contributed by atoms with Gasteiger partial charge < -0.3 is 16.0 Å². The Morgan fingerprint density at radius 1 is 1.32 bits per heavy atom. The van der Waals surface area contributed by atoms with Crippen LogP contribution in [-0.2, 0) is 4.79 Å². The maximum absolute atomic E-state index is 12.3. The first kappa shape index (κ1) is 16.4. The zero-order valence-corrected chi connectivity index (χ0v) is 12.9. The molecule has 0 saturated heterocycles. The average Bonchev–Trinajstić information content (AvgIpc) is 2.95. The van der Waals surface area contributed by atoms with E-state index in [0.717, 1.165) is 25.9 Å². The first-order chi connectivity index (χ1) is 9.09. The van der Waals surface area contributed by atoms with E-state index in [1.807, 2.05) is 13.8 Å². The molecular formula is C15H31N3O. The Kier molecular flexibility index (Phi) is 6.80. The van der Waals surface area contributed by atoms with Crippen LogP contribution in [0.3, 0.4) is 0 Å². The third kappa shape index (κ3) is 4.18. The number of nitrogens with zero attached hydrogens (tertiary/aromatic N) is 1. The molecule has 3 N–H and O–H groups in total. The summed E-state index contributed by atoms with van der Waals surface area (Å²) in [5, 5.41) is 3.07. The van der Waals surface area contributed by atoms with Gasteiger partial charge in [-0.15, -0.1) is 0 Å². The second-order valence-electron chi connectivity index (χ2n) is 5.87. The molecule has 0 unspecified atom stereocenters. The Balaban J connectivity index is 2.33. The van der Waals surface area contributed by atoms with Crippen molar-refractivity contribution in [3.05, 3.63) is 0 Å². The van der Waals surface area contributed by atoms with Gasteiger partial charge in [0.15, 0.2) is 0 Å². The van der Waals surface area contributed by atoms with Gasteiger partial charge in [-0.1, -0.05) is 26.7 Å². The lowest BCUT2D eigenvalue weighted by molar-refractivity contribution is -0.131. The van der Waals surface area contributed by atoms with Crippen LogP contribution in [0.2, 0.25) is 0 Å². The van der Waals surface area contributed by atoms with Crippen LogP contribution in [0.5, 0.6) is 0 Å². The van der Waals surface area contributed by atoms with Gasteiger partial charge in [-0.05, 0) is 32.7 Å². The van der Waals surface area contributed by atoms with Crippen molar-refractivity contribution in [2.24, 2.45) is 11.1 Å². The van der Waals surface area contributed by atoms with E-state index in [-0.39, 0.29) is 11.3 Å². The summed E-state index contributed by atoms with van der Waals surface area (Å²) >= 11 is 0. The van der Waals surface area contributed by atoms with Gasteiger partial charge in [-0.2, -0.15) is 0 Å². The molecule has 0 radical (unpaired) electrons. The maximum atomic E-state index is 12.3. The molecule has 0 bridgehead atoms. The van der Waals surface area contributed by atoms with Crippen molar-refractivity contribution in [3.63, 3.8) is 0 Å². The minimum atomic E-state index is -0.369. The molecule has 1 saturated carbocycles. The molecular weight excluding hydrogens is 238 g/mol. The first-order valence-corrected chi connectivity index (χ1v) is 7.78. The summed E-state index contributed by atoms with van der Waals surface area (Å²) in [5.41, 5.74) is 5.42. The largest absolute Gasteiger partial charge is 0.354 e. The SMILES string of the molecule is CCC(CC)(CN)C(=O)NCCN(C)C1CCCC1. The highest BCUT2D eigenvalue weighted by atomic mass is 16.2. The summed E-state index contributed by atoms with van der Waals surface area (Å²) in [6.45, 7) is 6.18. The van der Waals surface area contributed by atoms with Crippen LogP contribution in [-0.4, -0.2) is 43.5 Å². The summed E-state index contributed by atoms with van der Waals surface area (Å²) in [6.07, 6.45) is 6.93. The minimum Gasteiger partial charge on any atom is -0.354 e. The first-order valence-electron chi connectivity index (χ1n) is 7.78. The molecule has 0 heterocycles. The van der Waals surface area contributed by atoms with Gasteiger partial charge in [0.25, 0.3) is 0 Å². The monoisotopic (exact) mass is 269 g/mol. The molecule has 0 aromatic carbocycles. The Morgan fingerprint density at radius 2 is 1.89 bits per heavy atom. The minimum absolute atomic E-state index is 0.125. The molecule has 0 aromatic heterocycles. The third-order valence-electron chi connectivity index (χ3n) is 4.92. The Bertz CT molecular complexity index is 262. The van der Waals surface area contributed by atoms with E-state index in [1.165, 1.54) is 25.7 Å². The molecule has 19 heavy (non-hydrogen) atoms. The molecule has 1 aliphatic carbocycles. The summed E-state index contributed by atoms with van der Waals surface area (Å²) in [6, 6.07) is 0.716. The van der Waals surface area contributed by atoms with Crippen LogP contribution in [0.1, 0.15) is 52.4 Å². The number of hydrogen-bond acceptors (Lipinski definition) is 3. The van der Waals surface area contributed by atoms with E-state index >= 15 is 0 Å². The molecule has 0 aromatic rings. The van der Waals surface area contributed by atoms with Gasteiger partial charge in [0, 0.05) is 25.7 Å². The van der Waals surface area contributed by atoms with Crippen molar-refractivity contribution in [2.75, 3.05) is 26.7 Å². The number of rotatable bonds is 8. The fraction of sp³-hybridized carbons (Fsp3) is 0.933. The fourth-order valence-corrected chi connectivity index (χ4v) is 3.01. The smallest absolute Gasteiger partial charge is 0.227 e. The highest BCUT2D eigenvalue weighted by Gasteiger charge is 2.33. The third-order valence-corrected chi connectivity index (χ3v) is 4.92. The standard InChI is InChI=1S/C15H31N3O/c1-4-15(5-2,12-16)14(19)17-10-11-18(3)13-8-6-7-9-13/h13H,4-12,16H2,1-3H3,(H,17,19). The number of nitrogens with one attached hydrogen (secondary N) is 1. The molecule has 4 heteroatoms. The lowest BCUT2D eigenvalue weighted by Gasteiger charge is -2.29. The second kappa shape index (κ2) is 7.85. The molecule has 1 rings (SSSR count). The van der Waals surface area contributed by atoms with Crippen molar-refractivity contribution >= 4 is 5.91 Å². The summed E-state index contributed by atoms with van der Waals surface area (Å²) < 4.78 is 0. The molecule has 0 spiro atoms. The molecule has 112 valence electrons. The van der Waals surface area contributed by atoms with Crippen molar-refractivity contribution in [1.29, 1.82) is 0 Å². The maximum Gasteiger partial charge on any atom is 0.227 e. The zero-order chi connectivity index (χ0) is 14.3. The fourth-order valence-electron chi connectivity index (χ4n) is 3.01. The Morgan fingerprint density at radius 3 is 2.37 bits per heavy atom. The number of nitrogens with two attached hydrogens (primary N) is 1. The van der Waals surface area contributed by atoms with Gasteiger partial charge in [0.1, 0.15) is 0 Å². The number of likely N-dealkylation sites (N-methyl/N-ethyl adjacent to an activating group) is 1. The summed E-state index contributed by atoms with van der Waals surface area (Å²) in [4.78, 5) is 14.6. The van der Waals surface area contributed by atoms with E-state index in [4.69, 9.17) is 5.73 Å². The Labute approximate surface area is 118 Å². The van der Waals surface area contributed by atoms with Crippen molar-refractivity contribution < 1.29 is 4.79 Å². The van der Waals surface area contributed by atoms with Crippen LogP contribution >= 0.6 is 0 Å². The van der Waals surface area contributed by atoms with Crippen LogP contribution in [0.4, 0.5) is 0 Å². The topological polar surface area (TPSA) is 58.4 Å². The number of carbonyl (C=O) groups excluding carboxylic acids is 1. The molecule has 0 atom stereocenters. The van der Waals surface area contributed by atoms with Gasteiger partial charge in [0.05, 0.1) is 5.41 Å². The second-order valence-corrected chi connectivity index (χ2v) is 5.87. The van der Waals surface area contributed by atoms with Gasteiger partial charge >= 0.3 is 0 Å². The average molecular weight is 269 g/mol. The van der Waals surface area contributed by atoms with E-state index in [9.17, 15) is 4.79 Å². The van der Waals surface area contributed by atoms with E-state index in [1.54, 1.807) is 0 Å². The number of amides is 1. The number of hydrogen-bond donors (Lipinski definition) is 2. The molecule has 1 fully saturated rings. The highest BCUT2D eigenvalue weighted by molar-refractivity contribution is 5.82. The lowest BCUT2D eigenvalue weighted by atomic mass is 9.81. The highest BCUT2D eigenvalue weighted by Crippen LogP contribution is 2.25. The van der Waals surface area contributed by atoms with Crippen LogP contribution < -0.4 is 11.1 Å². The van der Waals surface area contributed by atoms with Crippen LogP contribution in [0, 0.1) is 5.41 Å². The van der Waals surface area contributed by atoms with E-state index in [0.29, 0.717) is 12.6 Å². The quantitative estimate of drug-likeness (QED) is 0.706. The van der Waals surface area contributed by atoms with Gasteiger partial charge in [-0.3, -0.25) is 4.79 Å². The van der Waals surface area contributed by atoms with Crippen molar-refractivity contribution in [1.82, 2.24) is 10.2 Å². The Hall–Kier alpha value is -0.610.